The van der Waals surface area contributed by atoms with Crippen LogP contribution in [0.25, 0.3) is 0 Å². The van der Waals surface area contributed by atoms with Crippen LogP contribution in [0.15, 0.2) is 0 Å². The van der Waals surface area contributed by atoms with Crippen molar-refractivity contribution in [2.45, 2.75) is 103 Å². The van der Waals surface area contributed by atoms with E-state index in [2.05, 4.69) is 39.9 Å². The molecule has 0 aromatic heterocycles. The highest BCUT2D eigenvalue weighted by Crippen LogP contribution is 2.43. The lowest BCUT2D eigenvalue weighted by atomic mass is 9.74. The SMILES string of the molecule is CC1(C)CCC(OC2(CCNC(C)(C)C)CCC2)CC1. The van der Waals surface area contributed by atoms with Gasteiger partial charge >= 0.3 is 0 Å². The minimum Gasteiger partial charge on any atom is -0.372 e. The second-order valence-electron chi connectivity index (χ2n) is 8.94. The molecule has 0 radical (unpaired) electrons. The number of ether oxygens (including phenoxy) is 1. The monoisotopic (exact) mass is 281 g/mol. The van der Waals surface area contributed by atoms with Crippen LogP contribution in [0.4, 0.5) is 0 Å². The van der Waals surface area contributed by atoms with Crippen molar-refractivity contribution < 1.29 is 4.74 Å². The zero-order valence-electron chi connectivity index (χ0n) is 14.3. The van der Waals surface area contributed by atoms with E-state index in [0.29, 0.717) is 11.5 Å². The van der Waals surface area contributed by atoms with E-state index in [9.17, 15) is 0 Å². The molecule has 0 aromatic rings. The Morgan fingerprint density at radius 3 is 2.10 bits per heavy atom. The fourth-order valence-corrected chi connectivity index (χ4v) is 3.51. The summed E-state index contributed by atoms with van der Waals surface area (Å²) in [6.45, 7) is 12.6. The van der Waals surface area contributed by atoms with Crippen molar-refractivity contribution in [2.24, 2.45) is 5.41 Å². The van der Waals surface area contributed by atoms with Crippen LogP contribution in [0, 0.1) is 5.41 Å². The van der Waals surface area contributed by atoms with Gasteiger partial charge in [0.25, 0.3) is 0 Å². The summed E-state index contributed by atoms with van der Waals surface area (Å²) in [5.74, 6) is 0. The molecule has 2 aliphatic rings. The van der Waals surface area contributed by atoms with Gasteiger partial charge in [-0.1, -0.05) is 13.8 Å². The summed E-state index contributed by atoms with van der Waals surface area (Å²) in [5.41, 5.74) is 0.977. The van der Waals surface area contributed by atoms with Gasteiger partial charge in [-0.05, 0) is 84.1 Å². The molecule has 2 fully saturated rings. The van der Waals surface area contributed by atoms with Crippen molar-refractivity contribution in [3.05, 3.63) is 0 Å². The standard InChI is InChI=1S/C18H35NO/c1-16(2,3)19-14-13-18(9-6-10-18)20-15-7-11-17(4,5)12-8-15/h15,19H,6-14H2,1-5H3. The lowest BCUT2D eigenvalue weighted by molar-refractivity contribution is -0.157. The van der Waals surface area contributed by atoms with Crippen LogP contribution in [0.2, 0.25) is 0 Å². The van der Waals surface area contributed by atoms with Crippen molar-refractivity contribution in [3.8, 4) is 0 Å². The highest BCUT2D eigenvalue weighted by atomic mass is 16.5. The van der Waals surface area contributed by atoms with Crippen LogP contribution in [0.3, 0.4) is 0 Å². The third-order valence-corrected chi connectivity index (χ3v) is 5.20. The molecule has 0 amide bonds. The van der Waals surface area contributed by atoms with E-state index in [-0.39, 0.29) is 11.1 Å². The Hall–Kier alpha value is -0.0800. The predicted molar refractivity (Wildman–Crippen MR) is 86.1 cm³/mol. The van der Waals surface area contributed by atoms with Gasteiger partial charge in [0.05, 0.1) is 11.7 Å². The molecule has 0 bridgehead atoms. The Labute approximate surface area is 126 Å². The smallest absolute Gasteiger partial charge is 0.0698 e. The first kappa shape index (κ1) is 16.3. The minimum atomic E-state index is 0.213. The van der Waals surface area contributed by atoms with Gasteiger partial charge in [0.15, 0.2) is 0 Å². The Morgan fingerprint density at radius 1 is 1.05 bits per heavy atom. The molecule has 0 heterocycles. The van der Waals surface area contributed by atoms with E-state index in [1.54, 1.807) is 0 Å². The molecular weight excluding hydrogens is 246 g/mol. The van der Waals surface area contributed by atoms with Crippen molar-refractivity contribution >= 4 is 0 Å². The van der Waals surface area contributed by atoms with E-state index in [1.165, 1.54) is 51.4 Å². The molecule has 2 aliphatic carbocycles. The predicted octanol–water partition coefficient (Wildman–Crippen LogP) is 4.67. The lowest BCUT2D eigenvalue weighted by Crippen LogP contribution is -2.48. The average molecular weight is 281 g/mol. The Morgan fingerprint density at radius 2 is 1.65 bits per heavy atom. The summed E-state index contributed by atoms with van der Waals surface area (Å²) in [6, 6.07) is 0. The van der Waals surface area contributed by atoms with Crippen LogP contribution < -0.4 is 5.32 Å². The fourth-order valence-electron chi connectivity index (χ4n) is 3.51. The molecule has 0 atom stereocenters. The van der Waals surface area contributed by atoms with Gasteiger partial charge in [0.2, 0.25) is 0 Å². The summed E-state index contributed by atoms with van der Waals surface area (Å²) in [6.07, 6.45) is 10.8. The van der Waals surface area contributed by atoms with Crippen LogP contribution in [0.5, 0.6) is 0 Å². The van der Waals surface area contributed by atoms with Crippen LogP contribution in [-0.4, -0.2) is 23.8 Å². The van der Waals surface area contributed by atoms with Gasteiger partial charge in [-0.2, -0.15) is 0 Å². The van der Waals surface area contributed by atoms with Gasteiger partial charge in [-0.25, -0.2) is 0 Å². The molecule has 2 nitrogen and oxygen atoms in total. The molecule has 20 heavy (non-hydrogen) atoms. The van der Waals surface area contributed by atoms with Crippen molar-refractivity contribution in [1.82, 2.24) is 5.32 Å². The zero-order valence-corrected chi connectivity index (χ0v) is 14.3. The van der Waals surface area contributed by atoms with Gasteiger partial charge < -0.3 is 10.1 Å². The average Bonchev–Trinajstić information content (AvgIpc) is 2.26. The number of hydrogen-bond donors (Lipinski definition) is 1. The third kappa shape index (κ3) is 4.73. The largest absolute Gasteiger partial charge is 0.372 e. The van der Waals surface area contributed by atoms with Crippen LogP contribution >= 0.6 is 0 Å². The highest BCUT2D eigenvalue weighted by Gasteiger charge is 2.41. The maximum Gasteiger partial charge on any atom is 0.0698 e. The molecule has 1 N–H and O–H groups in total. The fraction of sp³-hybridized carbons (Fsp3) is 1.00. The second kappa shape index (κ2) is 5.96. The molecule has 118 valence electrons. The van der Waals surface area contributed by atoms with Crippen LogP contribution in [-0.2, 0) is 4.74 Å². The number of rotatable bonds is 5. The van der Waals surface area contributed by atoms with Gasteiger partial charge in [0, 0.05) is 5.54 Å². The normalized spacial score (nSPS) is 26.2. The van der Waals surface area contributed by atoms with Crippen molar-refractivity contribution in [1.29, 1.82) is 0 Å². The van der Waals surface area contributed by atoms with Crippen LogP contribution in [0.1, 0.15) is 86.0 Å². The van der Waals surface area contributed by atoms with Crippen molar-refractivity contribution in [2.75, 3.05) is 6.54 Å². The summed E-state index contributed by atoms with van der Waals surface area (Å²) >= 11 is 0. The molecule has 0 aliphatic heterocycles. The molecule has 2 heteroatoms. The summed E-state index contributed by atoms with van der Waals surface area (Å²) in [5, 5.41) is 3.62. The van der Waals surface area contributed by atoms with E-state index in [1.807, 2.05) is 0 Å². The summed E-state index contributed by atoms with van der Waals surface area (Å²) in [4.78, 5) is 0. The topological polar surface area (TPSA) is 21.3 Å². The Balaban J connectivity index is 1.77. The summed E-state index contributed by atoms with van der Waals surface area (Å²) in [7, 11) is 0. The highest BCUT2D eigenvalue weighted by molar-refractivity contribution is 4.93. The molecule has 2 saturated carbocycles. The van der Waals surface area contributed by atoms with Gasteiger partial charge in [-0.3, -0.25) is 0 Å². The molecule has 0 unspecified atom stereocenters. The molecular formula is C18H35NO. The number of hydrogen-bond acceptors (Lipinski definition) is 2. The van der Waals surface area contributed by atoms with Gasteiger partial charge in [0.1, 0.15) is 0 Å². The molecule has 0 saturated heterocycles. The minimum absolute atomic E-state index is 0.213. The van der Waals surface area contributed by atoms with E-state index in [0.717, 1.165) is 6.54 Å². The first-order valence-electron chi connectivity index (χ1n) is 8.63. The Kier molecular flexibility index (Phi) is 4.86. The van der Waals surface area contributed by atoms with Crippen molar-refractivity contribution in [3.63, 3.8) is 0 Å². The van der Waals surface area contributed by atoms with E-state index in [4.69, 9.17) is 4.74 Å². The first-order chi connectivity index (χ1) is 9.20. The molecule has 0 spiro atoms. The molecule has 0 aromatic carbocycles. The maximum absolute atomic E-state index is 6.58. The molecule has 2 rings (SSSR count). The van der Waals surface area contributed by atoms with Gasteiger partial charge in [-0.15, -0.1) is 0 Å². The van der Waals surface area contributed by atoms with E-state index >= 15 is 0 Å². The lowest BCUT2D eigenvalue weighted by Gasteiger charge is -2.47. The maximum atomic E-state index is 6.58. The quantitative estimate of drug-likeness (QED) is 0.790. The second-order valence-corrected chi connectivity index (χ2v) is 8.94. The zero-order chi connectivity index (χ0) is 14.9. The Bertz CT molecular complexity index is 302. The van der Waals surface area contributed by atoms with E-state index < -0.39 is 0 Å². The number of nitrogens with one attached hydrogen (secondary N) is 1. The first-order valence-corrected chi connectivity index (χ1v) is 8.63. The third-order valence-electron chi connectivity index (χ3n) is 5.20. The summed E-state index contributed by atoms with van der Waals surface area (Å²) < 4.78 is 6.58.